The number of carbonyl (C=O) groups is 2. The molecule has 3 rings (SSSR count). The number of carbonyl (C=O) groups excluding carboxylic acids is 2. The first-order valence-corrected chi connectivity index (χ1v) is 8.54. The van der Waals surface area contributed by atoms with Crippen LogP contribution in [0.5, 0.6) is 0 Å². The fraction of sp³-hybridized carbons (Fsp3) is 0.300. The van der Waals surface area contributed by atoms with E-state index in [9.17, 15) is 14.0 Å². The molecule has 0 bridgehead atoms. The normalized spacial score (nSPS) is 19.9. The number of amides is 2. The summed E-state index contributed by atoms with van der Waals surface area (Å²) in [5.41, 5.74) is 0.998. The van der Waals surface area contributed by atoms with Crippen molar-refractivity contribution in [1.29, 1.82) is 0 Å². The molecule has 6 heteroatoms. The molecule has 1 N–H and O–H groups in total. The van der Waals surface area contributed by atoms with E-state index in [1.54, 1.807) is 29.2 Å². The second kappa shape index (κ2) is 7.66. The summed E-state index contributed by atoms with van der Waals surface area (Å²) in [7, 11) is 0. The van der Waals surface area contributed by atoms with Crippen molar-refractivity contribution in [1.82, 2.24) is 4.90 Å². The van der Waals surface area contributed by atoms with E-state index in [1.807, 2.05) is 13.8 Å². The van der Waals surface area contributed by atoms with Gasteiger partial charge in [0.1, 0.15) is 5.82 Å². The molecule has 2 atom stereocenters. The minimum Gasteiger partial charge on any atom is -0.372 e. The van der Waals surface area contributed by atoms with Gasteiger partial charge < -0.3 is 15.0 Å². The number of benzene rings is 2. The highest BCUT2D eigenvalue weighted by molar-refractivity contribution is 6.09. The molecule has 0 unspecified atom stereocenters. The Morgan fingerprint density at radius 2 is 1.77 bits per heavy atom. The van der Waals surface area contributed by atoms with Crippen LogP contribution in [-0.4, -0.2) is 42.0 Å². The van der Waals surface area contributed by atoms with Crippen molar-refractivity contribution in [3.8, 4) is 0 Å². The lowest BCUT2D eigenvalue weighted by Gasteiger charge is -2.35. The van der Waals surface area contributed by atoms with Crippen molar-refractivity contribution in [3.63, 3.8) is 0 Å². The Labute approximate surface area is 151 Å². The Hall–Kier alpha value is -2.73. The third kappa shape index (κ3) is 4.08. The van der Waals surface area contributed by atoms with E-state index >= 15 is 0 Å². The van der Waals surface area contributed by atoms with E-state index in [-0.39, 0.29) is 23.7 Å². The molecule has 0 saturated carbocycles. The molecule has 1 heterocycles. The Bertz CT molecular complexity index is 814. The van der Waals surface area contributed by atoms with E-state index in [1.165, 1.54) is 18.2 Å². The lowest BCUT2D eigenvalue weighted by Crippen LogP contribution is -2.48. The Balaban J connectivity index is 1.82. The summed E-state index contributed by atoms with van der Waals surface area (Å²) in [6.07, 6.45) is -0.0894. The number of hydrogen-bond acceptors (Lipinski definition) is 3. The molecule has 2 aromatic carbocycles. The van der Waals surface area contributed by atoms with Gasteiger partial charge in [0.05, 0.1) is 23.5 Å². The predicted molar refractivity (Wildman–Crippen MR) is 96.7 cm³/mol. The third-order valence-electron chi connectivity index (χ3n) is 4.20. The van der Waals surface area contributed by atoms with Gasteiger partial charge in [0.25, 0.3) is 11.8 Å². The lowest BCUT2D eigenvalue weighted by molar-refractivity contribution is -0.0585. The van der Waals surface area contributed by atoms with E-state index < -0.39 is 11.7 Å². The molecule has 0 aliphatic carbocycles. The minimum absolute atomic E-state index is 0.0447. The van der Waals surface area contributed by atoms with Gasteiger partial charge in [-0.05, 0) is 44.2 Å². The second-order valence-electron chi connectivity index (χ2n) is 6.48. The van der Waals surface area contributed by atoms with E-state index in [0.29, 0.717) is 24.3 Å². The number of nitrogens with zero attached hydrogens (tertiary/aromatic N) is 1. The van der Waals surface area contributed by atoms with Crippen LogP contribution in [0.2, 0.25) is 0 Å². The first-order chi connectivity index (χ1) is 12.4. The van der Waals surface area contributed by atoms with Crippen LogP contribution in [0.25, 0.3) is 0 Å². The van der Waals surface area contributed by atoms with Crippen LogP contribution in [0.3, 0.4) is 0 Å². The SMILES string of the molecule is C[C@@H]1CN(C(=O)c2ccccc2NC(=O)c2cccc(F)c2)C[C@H](C)O1. The average Bonchev–Trinajstić information content (AvgIpc) is 2.61. The van der Waals surface area contributed by atoms with Gasteiger partial charge in [-0.15, -0.1) is 0 Å². The summed E-state index contributed by atoms with van der Waals surface area (Å²) in [5, 5.41) is 2.71. The van der Waals surface area contributed by atoms with Crippen molar-refractivity contribution in [2.45, 2.75) is 26.1 Å². The summed E-state index contributed by atoms with van der Waals surface area (Å²) >= 11 is 0. The van der Waals surface area contributed by atoms with Crippen molar-refractivity contribution in [2.24, 2.45) is 0 Å². The Morgan fingerprint density at radius 3 is 2.46 bits per heavy atom. The zero-order valence-electron chi connectivity index (χ0n) is 14.7. The van der Waals surface area contributed by atoms with Crippen LogP contribution >= 0.6 is 0 Å². The summed E-state index contributed by atoms with van der Waals surface area (Å²) in [4.78, 5) is 27.1. The number of nitrogens with one attached hydrogen (secondary N) is 1. The van der Waals surface area contributed by atoms with Gasteiger partial charge in [0.15, 0.2) is 0 Å². The number of anilines is 1. The van der Waals surface area contributed by atoms with Crippen LogP contribution in [0, 0.1) is 5.82 Å². The van der Waals surface area contributed by atoms with Crippen LogP contribution in [0.1, 0.15) is 34.6 Å². The highest BCUT2D eigenvalue weighted by atomic mass is 19.1. The maximum absolute atomic E-state index is 13.3. The summed E-state index contributed by atoms with van der Waals surface area (Å²) in [6, 6.07) is 12.2. The monoisotopic (exact) mass is 356 g/mol. The van der Waals surface area contributed by atoms with Gasteiger partial charge >= 0.3 is 0 Å². The fourth-order valence-corrected chi connectivity index (χ4v) is 3.12. The number of hydrogen-bond donors (Lipinski definition) is 1. The third-order valence-corrected chi connectivity index (χ3v) is 4.20. The van der Waals surface area contributed by atoms with E-state index in [4.69, 9.17) is 4.74 Å². The van der Waals surface area contributed by atoms with Gasteiger partial charge in [0.2, 0.25) is 0 Å². The lowest BCUT2D eigenvalue weighted by atomic mass is 10.1. The molecular formula is C20H21FN2O3. The zero-order valence-corrected chi connectivity index (χ0v) is 14.7. The summed E-state index contributed by atoms with van der Waals surface area (Å²) < 4.78 is 19.0. The maximum atomic E-state index is 13.3. The molecule has 2 amide bonds. The van der Waals surface area contributed by atoms with Crippen molar-refractivity contribution < 1.29 is 18.7 Å². The van der Waals surface area contributed by atoms with Gasteiger partial charge in [-0.1, -0.05) is 18.2 Å². The molecule has 2 aromatic rings. The number of ether oxygens (including phenoxy) is 1. The highest BCUT2D eigenvalue weighted by Crippen LogP contribution is 2.21. The van der Waals surface area contributed by atoms with E-state index in [2.05, 4.69) is 5.32 Å². The molecule has 1 aliphatic rings. The topological polar surface area (TPSA) is 58.6 Å². The summed E-state index contributed by atoms with van der Waals surface area (Å²) in [5.74, 6) is -1.12. The predicted octanol–water partition coefficient (Wildman–Crippen LogP) is 3.33. The zero-order chi connectivity index (χ0) is 18.7. The van der Waals surface area contributed by atoms with Crippen molar-refractivity contribution in [2.75, 3.05) is 18.4 Å². The van der Waals surface area contributed by atoms with Crippen LogP contribution in [0.4, 0.5) is 10.1 Å². The molecule has 0 spiro atoms. The largest absolute Gasteiger partial charge is 0.372 e. The smallest absolute Gasteiger partial charge is 0.256 e. The minimum atomic E-state index is -0.488. The highest BCUT2D eigenvalue weighted by Gasteiger charge is 2.28. The number of morpholine rings is 1. The molecular weight excluding hydrogens is 335 g/mol. The maximum Gasteiger partial charge on any atom is 0.256 e. The fourth-order valence-electron chi connectivity index (χ4n) is 3.12. The molecule has 0 aromatic heterocycles. The molecule has 0 radical (unpaired) electrons. The average molecular weight is 356 g/mol. The van der Waals surface area contributed by atoms with Gasteiger partial charge in [0, 0.05) is 18.7 Å². The van der Waals surface area contributed by atoms with E-state index in [0.717, 1.165) is 6.07 Å². The molecule has 136 valence electrons. The number of para-hydroxylation sites is 1. The number of rotatable bonds is 3. The summed E-state index contributed by atoms with van der Waals surface area (Å²) in [6.45, 7) is 4.84. The van der Waals surface area contributed by atoms with Gasteiger partial charge in [-0.3, -0.25) is 9.59 Å². The Kier molecular flexibility index (Phi) is 5.32. The first-order valence-electron chi connectivity index (χ1n) is 8.54. The standard InChI is InChI=1S/C20H21FN2O3/c1-13-11-23(12-14(2)26-13)20(25)17-8-3-4-9-18(17)22-19(24)15-6-5-7-16(21)10-15/h3-10,13-14H,11-12H2,1-2H3,(H,22,24)/t13-,14+. The van der Waals surface area contributed by atoms with Gasteiger partial charge in [-0.25, -0.2) is 4.39 Å². The first kappa shape index (κ1) is 18.1. The Morgan fingerprint density at radius 1 is 1.08 bits per heavy atom. The molecule has 1 fully saturated rings. The quantitative estimate of drug-likeness (QED) is 0.918. The van der Waals surface area contributed by atoms with Crippen LogP contribution in [-0.2, 0) is 4.74 Å². The van der Waals surface area contributed by atoms with Crippen molar-refractivity contribution in [3.05, 3.63) is 65.5 Å². The van der Waals surface area contributed by atoms with Crippen LogP contribution < -0.4 is 5.32 Å². The second-order valence-corrected chi connectivity index (χ2v) is 6.48. The number of halogens is 1. The van der Waals surface area contributed by atoms with Crippen LogP contribution in [0.15, 0.2) is 48.5 Å². The molecule has 26 heavy (non-hydrogen) atoms. The van der Waals surface area contributed by atoms with Crippen molar-refractivity contribution >= 4 is 17.5 Å². The molecule has 1 aliphatic heterocycles. The molecule has 5 nitrogen and oxygen atoms in total. The van der Waals surface area contributed by atoms with Gasteiger partial charge in [-0.2, -0.15) is 0 Å². The molecule has 1 saturated heterocycles.